The Kier molecular flexibility index (Phi) is 9.48. The van der Waals surface area contributed by atoms with Crippen molar-refractivity contribution in [2.75, 3.05) is 60.2 Å². The van der Waals surface area contributed by atoms with Crippen LogP contribution in [0.1, 0.15) is 24.9 Å². The summed E-state index contributed by atoms with van der Waals surface area (Å²) in [7, 11) is 3.16. The van der Waals surface area contributed by atoms with E-state index in [4.69, 9.17) is 23.9 Å². The van der Waals surface area contributed by atoms with Crippen molar-refractivity contribution in [3.8, 4) is 11.5 Å². The first-order valence-electron chi connectivity index (χ1n) is 12.5. The molecule has 3 aliphatic heterocycles. The van der Waals surface area contributed by atoms with E-state index in [1.54, 1.807) is 33.3 Å². The monoisotopic (exact) mass is 542 g/mol. The molecule has 38 heavy (non-hydrogen) atoms. The molecule has 1 aromatic carbocycles. The minimum absolute atomic E-state index is 0.0666. The van der Waals surface area contributed by atoms with Crippen LogP contribution in [0.3, 0.4) is 0 Å². The zero-order chi connectivity index (χ0) is 27.1. The van der Waals surface area contributed by atoms with Gasteiger partial charge in [-0.1, -0.05) is 24.4 Å². The SMILES string of the molecule is C=CCOC(=O)C1=C(C)N=C2SC=C(CC(=O)NCCN3CCOCC3)N2[C@@H]1c1cc(OC)ccc1OC. The molecule has 3 aliphatic rings. The van der Waals surface area contributed by atoms with Gasteiger partial charge in [0.05, 0.1) is 51.2 Å². The van der Waals surface area contributed by atoms with Crippen LogP contribution in [-0.2, 0) is 19.1 Å². The molecular formula is C27H34N4O6S. The topological polar surface area (TPSA) is 102 Å². The third kappa shape index (κ3) is 6.23. The van der Waals surface area contributed by atoms with Crippen LogP contribution in [0.25, 0.3) is 0 Å². The van der Waals surface area contributed by atoms with E-state index in [1.165, 1.54) is 17.8 Å². The van der Waals surface area contributed by atoms with Gasteiger partial charge in [-0.3, -0.25) is 9.69 Å². The van der Waals surface area contributed by atoms with Gasteiger partial charge < -0.3 is 29.2 Å². The molecule has 10 nitrogen and oxygen atoms in total. The predicted octanol–water partition coefficient (Wildman–Crippen LogP) is 2.85. The summed E-state index contributed by atoms with van der Waals surface area (Å²) < 4.78 is 22.0. The molecule has 1 fully saturated rings. The number of amides is 1. The highest BCUT2D eigenvalue weighted by molar-refractivity contribution is 8.16. The van der Waals surface area contributed by atoms with Crippen LogP contribution in [0.5, 0.6) is 11.5 Å². The van der Waals surface area contributed by atoms with Gasteiger partial charge in [-0.2, -0.15) is 0 Å². The van der Waals surface area contributed by atoms with Crippen molar-refractivity contribution in [2.45, 2.75) is 19.4 Å². The molecule has 1 saturated heterocycles. The van der Waals surface area contributed by atoms with Crippen LogP contribution < -0.4 is 14.8 Å². The quantitative estimate of drug-likeness (QED) is 0.334. The number of hydrogen-bond acceptors (Lipinski definition) is 10. The van der Waals surface area contributed by atoms with Crippen molar-refractivity contribution in [2.24, 2.45) is 4.99 Å². The number of ether oxygens (including phenoxy) is 4. The van der Waals surface area contributed by atoms with Gasteiger partial charge in [0.15, 0.2) is 5.17 Å². The summed E-state index contributed by atoms with van der Waals surface area (Å²) in [6.45, 7) is 9.97. The Morgan fingerprint density at radius 2 is 2.05 bits per heavy atom. The van der Waals surface area contributed by atoms with Gasteiger partial charge in [-0.25, -0.2) is 9.79 Å². The summed E-state index contributed by atoms with van der Waals surface area (Å²) in [6, 6.07) is 4.80. The molecule has 1 N–H and O–H groups in total. The third-order valence-electron chi connectivity index (χ3n) is 6.48. The van der Waals surface area contributed by atoms with E-state index in [1.807, 2.05) is 16.4 Å². The van der Waals surface area contributed by atoms with Crippen LogP contribution in [0.15, 0.2) is 58.2 Å². The number of nitrogens with zero attached hydrogens (tertiary/aromatic N) is 3. The number of rotatable bonds is 11. The Hall–Kier alpha value is -3.28. The first-order chi connectivity index (χ1) is 18.5. The normalized spacial score (nSPS) is 19.3. The molecule has 0 spiro atoms. The zero-order valence-electron chi connectivity index (χ0n) is 22.0. The maximum absolute atomic E-state index is 13.3. The average Bonchev–Trinajstić information content (AvgIpc) is 3.32. The fraction of sp³-hybridized carbons (Fsp3) is 0.444. The van der Waals surface area contributed by atoms with E-state index >= 15 is 0 Å². The summed E-state index contributed by atoms with van der Waals surface area (Å²) in [5, 5.41) is 5.60. The molecule has 1 atom stereocenters. The van der Waals surface area contributed by atoms with Gasteiger partial charge in [0.1, 0.15) is 18.1 Å². The minimum Gasteiger partial charge on any atom is -0.497 e. The highest BCUT2D eigenvalue weighted by atomic mass is 32.2. The lowest BCUT2D eigenvalue weighted by atomic mass is 9.92. The number of methoxy groups -OCH3 is 2. The smallest absolute Gasteiger partial charge is 0.338 e. The molecule has 0 saturated carbocycles. The van der Waals surface area contributed by atoms with Crippen molar-refractivity contribution in [1.29, 1.82) is 0 Å². The molecule has 1 aromatic rings. The van der Waals surface area contributed by atoms with Gasteiger partial charge in [-0.15, -0.1) is 0 Å². The standard InChI is InChI=1S/C27H34N4O6S/c1-5-12-37-26(33)24-18(2)29-27-31(25(24)21-16-20(34-3)6-7-22(21)35-4)19(17-38-27)15-23(32)28-8-9-30-10-13-36-14-11-30/h5-7,16-17,25H,1,8-15H2,2-4H3,(H,28,32)/t25-/m1/s1. The second-order valence-corrected chi connectivity index (χ2v) is 9.71. The molecule has 0 radical (unpaired) electrons. The van der Waals surface area contributed by atoms with Crippen LogP contribution in [-0.4, -0.2) is 87.1 Å². The molecule has 0 bridgehead atoms. The van der Waals surface area contributed by atoms with Crippen LogP contribution >= 0.6 is 11.8 Å². The Bertz CT molecular complexity index is 1160. The third-order valence-corrected chi connectivity index (χ3v) is 7.37. The lowest BCUT2D eigenvalue weighted by Crippen LogP contribution is -2.42. The maximum atomic E-state index is 13.3. The molecule has 3 heterocycles. The number of esters is 1. The number of nitrogens with one attached hydrogen (secondary N) is 1. The van der Waals surface area contributed by atoms with Crippen molar-refractivity contribution < 1.29 is 28.5 Å². The molecular weight excluding hydrogens is 508 g/mol. The number of morpholine rings is 1. The molecule has 0 aliphatic carbocycles. The fourth-order valence-corrected chi connectivity index (χ4v) is 5.56. The van der Waals surface area contributed by atoms with Crippen molar-refractivity contribution in [1.82, 2.24) is 15.1 Å². The van der Waals surface area contributed by atoms with Gasteiger partial charge in [0.25, 0.3) is 0 Å². The van der Waals surface area contributed by atoms with Crippen LogP contribution in [0.4, 0.5) is 0 Å². The summed E-state index contributed by atoms with van der Waals surface area (Å²) in [4.78, 5) is 35.2. The summed E-state index contributed by atoms with van der Waals surface area (Å²) >= 11 is 1.42. The van der Waals surface area contributed by atoms with Gasteiger partial charge in [-0.05, 0) is 30.5 Å². The molecule has 11 heteroatoms. The fourth-order valence-electron chi connectivity index (χ4n) is 4.60. The van der Waals surface area contributed by atoms with Crippen LogP contribution in [0, 0.1) is 0 Å². The number of hydrogen-bond donors (Lipinski definition) is 1. The van der Waals surface area contributed by atoms with Crippen molar-refractivity contribution >= 4 is 28.8 Å². The summed E-state index contributed by atoms with van der Waals surface area (Å²) in [5.41, 5.74) is 2.33. The second-order valence-electron chi connectivity index (χ2n) is 8.87. The van der Waals surface area contributed by atoms with Gasteiger partial charge >= 0.3 is 5.97 Å². The Morgan fingerprint density at radius 3 is 2.76 bits per heavy atom. The molecule has 204 valence electrons. The number of carbonyl (C=O) groups excluding carboxylic acids is 2. The van der Waals surface area contributed by atoms with E-state index in [9.17, 15) is 9.59 Å². The molecule has 1 amide bonds. The van der Waals surface area contributed by atoms with E-state index in [0.717, 1.165) is 38.5 Å². The van der Waals surface area contributed by atoms with Crippen LogP contribution in [0.2, 0.25) is 0 Å². The number of aliphatic imine (C=N–C) groups is 1. The first-order valence-corrected chi connectivity index (χ1v) is 13.4. The van der Waals surface area contributed by atoms with E-state index in [2.05, 4.69) is 16.8 Å². The lowest BCUT2D eigenvalue weighted by molar-refractivity contribution is -0.138. The zero-order valence-corrected chi connectivity index (χ0v) is 22.8. The van der Waals surface area contributed by atoms with E-state index < -0.39 is 12.0 Å². The van der Waals surface area contributed by atoms with Gasteiger partial charge in [0, 0.05) is 37.4 Å². The molecule has 0 unspecified atom stereocenters. The lowest BCUT2D eigenvalue weighted by Gasteiger charge is -2.36. The summed E-state index contributed by atoms with van der Waals surface area (Å²) in [5.74, 6) is 0.570. The predicted molar refractivity (Wildman–Crippen MR) is 146 cm³/mol. The van der Waals surface area contributed by atoms with Crippen molar-refractivity contribution in [3.05, 3.63) is 58.8 Å². The van der Waals surface area contributed by atoms with E-state index in [0.29, 0.717) is 40.0 Å². The van der Waals surface area contributed by atoms with E-state index in [-0.39, 0.29) is 18.9 Å². The Balaban J connectivity index is 1.60. The summed E-state index contributed by atoms with van der Waals surface area (Å²) in [6.07, 6.45) is 1.65. The number of allylic oxidation sites excluding steroid dienone is 1. The molecule has 4 rings (SSSR count). The molecule has 0 aromatic heterocycles. The Morgan fingerprint density at radius 1 is 1.26 bits per heavy atom. The maximum Gasteiger partial charge on any atom is 0.338 e. The highest BCUT2D eigenvalue weighted by Gasteiger charge is 2.42. The number of benzene rings is 1. The second kappa shape index (κ2) is 13.0. The van der Waals surface area contributed by atoms with Gasteiger partial charge in [0.2, 0.25) is 5.91 Å². The number of fused-ring (bicyclic) bond motifs is 1. The number of thioether (sulfide) groups is 1. The average molecular weight is 543 g/mol. The number of carbonyl (C=O) groups is 2. The largest absolute Gasteiger partial charge is 0.497 e. The Labute approximate surface area is 227 Å². The first kappa shape index (κ1) is 27.7. The van der Waals surface area contributed by atoms with Crippen molar-refractivity contribution in [3.63, 3.8) is 0 Å². The number of amidine groups is 1. The minimum atomic E-state index is -0.632. The highest BCUT2D eigenvalue weighted by Crippen LogP contribution is 2.47.